The number of benzene rings is 2. The van der Waals surface area contributed by atoms with Gasteiger partial charge in [0.15, 0.2) is 12.2 Å². The molecule has 1 amide bonds. The molecule has 9 nitrogen and oxygen atoms in total. The van der Waals surface area contributed by atoms with E-state index in [2.05, 4.69) is 5.32 Å². The van der Waals surface area contributed by atoms with Crippen LogP contribution < -0.4 is 5.32 Å². The fourth-order valence-corrected chi connectivity index (χ4v) is 4.79. The smallest absolute Gasteiger partial charge is 0.407 e. The highest BCUT2D eigenvalue weighted by atomic mass is 35.6. The molecule has 2 N–H and O–H groups in total. The van der Waals surface area contributed by atoms with Gasteiger partial charge in [-0.15, -0.1) is 11.8 Å². The molecule has 5 unspecified atom stereocenters. The second kappa shape index (κ2) is 14.3. The number of ether oxygens (including phenoxy) is 4. The lowest BCUT2D eigenvalue weighted by Gasteiger charge is -2.44. The Bertz CT molecular complexity index is 1070. The number of rotatable bonds is 9. The van der Waals surface area contributed by atoms with E-state index in [-0.39, 0.29) is 11.1 Å². The summed E-state index contributed by atoms with van der Waals surface area (Å²) in [5.74, 6) is -0.938. The Labute approximate surface area is 239 Å². The van der Waals surface area contributed by atoms with Crippen molar-refractivity contribution < 1.29 is 38.4 Å². The number of esters is 2. The molecule has 3 rings (SSSR count). The first-order chi connectivity index (χ1) is 18.1. The third-order valence-electron chi connectivity index (χ3n) is 5.31. The normalized spacial score (nSPS) is 23.2. The summed E-state index contributed by atoms with van der Waals surface area (Å²) < 4.78 is 20.7. The lowest BCUT2D eigenvalue weighted by atomic mass is 9.97. The minimum Gasteiger partial charge on any atom is -0.452 e. The number of thioether (sulfide) groups is 1. The van der Waals surface area contributed by atoms with E-state index >= 15 is 0 Å². The molecule has 0 bridgehead atoms. The van der Waals surface area contributed by atoms with Gasteiger partial charge < -0.3 is 29.4 Å². The van der Waals surface area contributed by atoms with Crippen molar-refractivity contribution in [1.29, 1.82) is 0 Å². The molecule has 13 heteroatoms. The summed E-state index contributed by atoms with van der Waals surface area (Å²) in [6.07, 6.45) is -4.64. The Kier molecular flexibility index (Phi) is 11.4. The van der Waals surface area contributed by atoms with Crippen molar-refractivity contribution in [1.82, 2.24) is 5.32 Å². The van der Waals surface area contributed by atoms with Crippen LogP contribution in [0.25, 0.3) is 0 Å². The number of alkyl carbamates (subject to hydrolysis) is 1. The standard InChI is InChI=1S/C25H26Cl3NO8S/c1-2-38-23-18(29-24(33)34-14-25(26,27)28)20(37-22(32)16-11-7-4-8-12-16)19(17(13-30)35-23)36-21(31)15-9-5-3-6-10-15/h3-12,17-20,23,30H,2,13-14H2,1H3,(H,29,33). The molecule has 0 saturated carbocycles. The molecule has 1 saturated heterocycles. The minimum atomic E-state index is -1.85. The lowest BCUT2D eigenvalue weighted by Crippen LogP contribution is -2.65. The maximum absolute atomic E-state index is 13.1. The number of amides is 1. The number of alkyl halides is 3. The van der Waals surface area contributed by atoms with E-state index in [1.54, 1.807) is 60.7 Å². The van der Waals surface area contributed by atoms with Crippen molar-refractivity contribution in [3.05, 3.63) is 71.8 Å². The predicted octanol–water partition coefficient (Wildman–Crippen LogP) is 4.37. The van der Waals surface area contributed by atoms with Crippen molar-refractivity contribution >= 4 is 64.6 Å². The quantitative estimate of drug-likeness (QED) is 0.244. The molecular weight excluding hydrogens is 581 g/mol. The molecule has 0 radical (unpaired) electrons. The molecule has 1 aliphatic heterocycles. The number of hydrogen-bond donors (Lipinski definition) is 2. The summed E-state index contributed by atoms with van der Waals surface area (Å²) in [6, 6.07) is 15.2. The highest BCUT2D eigenvalue weighted by molar-refractivity contribution is 7.99. The fourth-order valence-electron chi connectivity index (χ4n) is 3.65. The zero-order valence-corrected chi connectivity index (χ0v) is 23.2. The molecule has 5 atom stereocenters. The molecule has 1 heterocycles. The van der Waals surface area contributed by atoms with E-state index in [9.17, 15) is 19.5 Å². The van der Waals surface area contributed by atoms with Gasteiger partial charge in [-0.05, 0) is 30.0 Å². The van der Waals surface area contributed by atoms with Crippen LogP contribution >= 0.6 is 46.6 Å². The Balaban J connectivity index is 1.95. The highest BCUT2D eigenvalue weighted by Gasteiger charge is 2.51. The number of aliphatic hydroxyl groups excluding tert-OH is 1. The van der Waals surface area contributed by atoms with Crippen LogP contribution in [0, 0.1) is 0 Å². The van der Waals surface area contributed by atoms with Gasteiger partial charge in [0.05, 0.1) is 17.7 Å². The van der Waals surface area contributed by atoms with E-state index < -0.39 is 64.8 Å². The maximum Gasteiger partial charge on any atom is 0.407 e. The second-order valence-corrected chi connectivity index (χ2v) is 11.9. The number of halogens is 3. The molecule has 0 aliphatic carbocycles. The summed E-state index contributed by atoms with van der Waals surface area (Å²) in [7, 11) is 0. The Morgan fingerprint density at radius 3 is 1.95 bits per heavy atom. The third kappa shape index (κ3) is 8.65. The van der Waals surface area contributed by atoms with Gasteiger partial charge in [0.2, 0.25) is 3.79 Å². The van der Waals surface area contributed by atoms with Gasteiger partial charge in [-0.2, -0.15) is 0 Å². The van der Waals surface area contributed by atoms with Crippen LogP contribution in [-0.4, -0.2) is 75.7 Å². The van der Waals surface area contributed by atoms with Gasteiger partial charge in [-0.1, -0.05) is 78.1 Å². The average Bonchev–Trinajstić information content (AvgIpc) is 2.91. The van der Waals surface area contributed by atoms with Crippen LogP contribution in [0.5, 0.6) is 0 Å². The summed E-state index contributed by atoms with van der Waals surface area (Å²) in [5, 5.41) is 12.7. The van der Waals surface area contributed by atoms with Gasteiger partial charge in [-0.3, -0.25) is 0 Å². The van der Waals surface area contributed by atoms with E-state index in [4.69, 9.17) is 53.8 Å². The van der Waals surface area contributed by atoms with E-state index in [1.807, 2.05) is 6.92 Å². The van der Waals surface area contributed by atoms with Gasteiger partial charge >= 0.3 is 18.0 Å². The first-order valence-electron chi connectivity index (χ1n) is 11.5. The molecule has 0 spiro atoms. The molecular formula is C25H26Cl3NO8S. The van der Waals surface area contributed by atoms with Gasteiger partial charge in [0.1, 0.15) is 24.2 Å². The Morgan fingerprint density at radius 2 is 1.47 bits per heavy atom. The molecule has 38 heavy (non-hydrogen) atoms. The number of carbonyl (C=O) groups is 3. The van der Waals surface area contributed by atoms with Crippen molar-refractivity contribution in [2.45, 2.75) is 40.5 Å². The molecule has 206 valence electrons. The largest absolute Gasteiger partial charge is 0.452 e. The Morgan fingerprint density at radius 1 is 0.947 bits per heavy atom. The summed E-state index contributed by atoms with van der Waals surface area (Å²) in [4.78, 5) is 38.7. The zero-order valence-electron chi connectivity index (χ0n) is 20.1. The Hall–Kier alpha value is -2.21. The molecule has 1 fully saturated rings. The molecule has 2 aromatic carbocycles. The first kappa shape index (κ1) is 30.3. The van der Waals surface area contributed by atoms with Crippen LogP contribution in [0.2, 0.25) is 0 Å². The first-order valence-corrected chi connectivity index (χ1v) is 13.7. The lowest BCUT2D eigenvalue weighted by molar-refractivity contribution is -0.173. The number of aliphatic hydroxyl groups is 1. The topological polar surface area (TPSA) is 120 Å². The monoisotopic (exact) mass is 605 g/mol. The third-order valence-corrected chi connectivity index (χ3v) is 6.71. The zero-order chi connectivity index (χ0) is 27.7. The number of nitrogens with one attached hydrogen (secondary N) is 1. The average molecular weight is 607 g/mol. The van der Waals surface area contributed by atoms with Crippen LogP contribution in [-0.2, 0) is 18.9 Å². The fraction of sp³-hybridized carbons (Fsp3) is 0.400. The van der Waals surface area contributed by atoms with Crippen molar-refractivity contribution in [3.63, 3.8) is 0 Å². The predicted molar refractivity (Wildman–Crippen MR) is 144 cm³/mol. The SMILES string of the molecule is CCSC1OC(CO)C(OC(=O)c2ccccc2)C(OC(=O)c2ccccc2)C1NC(=O)OCC(Cl)(Cl)Cl. The summed E-state index contributed by atoms with van der Waals surface area (Å²) in [6.45, 7) is 0.743. The van der Waals surface area contributed by atoms with Gasteiger partial charge in [0.25, 0.3) is 0 Å². The van der Waals surface area contributed by atoms with Crippen molar-refractivity contribution in [3.8, 4) is 0 Å². The van der Waals surface area contributed by atoms with Gasteiger partial charge in [-0.25, -0.2) is 14.4 Å². The summed E-state index contributed by atoms with van der Waals surface area (Å²) >= 11 is 18.3. The van der Waals surface area contributed by atoms with E-state index in [0.29, 0.717) is 5.75 Å². The van der Waals surface area contributed by atoms with E-state index in [1.165, 1.54) is 11.8 Å². The maximum atomic E-state index is 13.1. The van der Waals surface area contributed by atoms with Crippen LogP contribution in [0.4, 0.5) is 4.79 Å². The molecule has 0 aromatic heterocycles. The molecule has 1 aliphatic rings. The summed E-state index contributed by atoms with van der Waals surface area (Å²) in [5.41, 5.74) is -0.364. The van der Waals surface area contributed by atoms with Crippen molar-refractivity contribution in [2.24, 2.45) is 0 Å². The van der Waals surface area contributed by atoms with Crippen molar-refractivity contribution in [2.75, 3.05) is 19.0 Å². The number of hydrogen-bond acceptors (Lipinski definition) is 9. The molecule has 2 aromatic rings. The highest BCUT2D eigenvalue weighted by Crippen LogP contribution is 2.33. The van der Waals surface area contributed by atoms with Crippen LogP contribution in [0.15, 0.2) is 60.7 Å². The van der Waals surface area contributed by atoms with Gasteiger partial charge in [0, 0.05) is 0 Å². The van der Waals surface area contributed by atoms with Crippen LogP contribution in [0.3, 0.4) is 0 Å². The number of carbonyl (C=O) groups excluding carboxylic acids is 3. The van der Waals surface area contributed by atoms with Crippen LogP contribution in [0.1, 0.15) is 27.6 Å². The van der Waals surface area contributed by atoms with E-state index in [0.717, 1.165) is 0 Å². The second-order valence-electron chi connectivity index (χ2n) is 8.01. The minimum absolute atomic E-state index is 0.227.